The van der Waals surface area contributed by atoms with Crippen molar-refractivity contribution >= 4 is 0 Å². The van der Waals surface area contributed by atoms with E-state index >= 15 is 0 Å². The molecule has 4 rings (SSSR count). The monoisotopic (exact) mass is 407 g/mol. The average molecular weight is 408 g/mol. The number of hydrogen-bond donors (Lipinski definition) is 0. The van der Waals surface area contributed by atoms with Crippen molar-refractivity contribution in [2.45, 2.75) is 45.9 Å². The summed E-state index contributed by atoms with van der Waals surface area (Å²) in [5, 5.41) is 0. The van der Waals surface area contributed by atoms with E-state index in [1.165, 1.54) is 16.7 Å². The second-order valence-corrected chi connectivity index (χ2v) is 8.59. The van der Waals surface area contributed by atoms with Gasteiger partial charge in [-0.05, 0) is 56.5 Å². The summed E-state index contributed by atoms with van der Waals surface area (Å²) in [6, 6.07) is 10.6. The van der Waals surface area contributed by atoms with Gasteiger partial charge in [0.2, 0.25) is 0 Å². The number of likely N-dealkylation sites (tertiary alicyclic amines) is 1. The Morgan fingerprint density at radius 2 is 2.03 bits per heavy atom. The van der Waals surface area contributed by atoms with Crippen LogP contribution < -0.4 is 9.47 Å². The molecule has 0 spiro atoms. The first-order chi connectivity index (χ1) is 14.7. The standard InChI is InChI=1S/C25H33N3O2/c1-20(2)7-11-28-14-15-29-25-6-5-21(16-22(25)19-28)18-27-12-8-23(9-13-27)30-24-4-3-10-26-17-24/h3-7,10,16-17,23H,8-9,11-15,18-19H2,1-2H3. The lowest BCUT2D eigenvalue weighted by molar-refractivity contribution is 0.0965. The van der Waals surface area contributed by atoms with Crippen molar-refractivity contribution in [3.8, 4) is 11.5 Å². The highest BCUT2D eigenvalue weighted by atomic mass is 16.5. The van der Waals surface area contributed by atoms with Gasteiger partial charge in [0.1, 0.15) is 24.2 Å². The summed E-state index contributed by atoms with van der Waals surface area (Å²) in [6.07, 6.45) is 8.27. The van der Waals surface area contributed by atoms with Crippen LogP contribution in [0.5, 0.6) is 11.5 Å². The van der Waals surface area contributed by atoms with Crippen LogP contribution in [-0.2, 0) is 13.1 Å². The minimum atomic E-state index is 0.287. The van der Waals surface area contributed by atoms with Gasteiger partial charge < -0.3 is 9.47 Å². The van der Waals surface area contributed by atoms with Crippen LogP contribution in [0.2, 0.25) is 0 Å². The number of aromatic nitrogens is 1. The Labute approximate surface area is 180 Å². The molecule has 1 aromatic carbocycles. The van der Waals surface area contributed by atoms with Crippen molar-refractivity contribution in [2.75, 3.05) is 32.8 Å². The number of allylic oxidation sites excluding steroid dienone is 1. The Morgan fingerprint density at radius 1 is 1.17 bits per heavy atom. The van der Waals surface area contributed by atoms with E-state index in [0.29, 0.717) is 0 Å². The number of nitrogens with zero attached hydrogens (tertiary/aromatic N) is 3. The van der Waals surface area contributed by atoms with Crippen LogP contribution in [0.15, 0.2) is 54.4 Å². The summed E-state index contributed by atoms with van der Waals surface area (Å²) in [5.74, 6) is 1.92. The molecule has 0 radical (unpaired) electrons. The Morgan fingerprint density at radius 3 is 2.80 bits per heavy atom. The predicted octanol–water partition coefficient (Wildman–Crippen LogP) is 4.29. The van der Waals surface area contributed by atoms with Crippen LogP contribution in [0, 0.1) is 0 Å². The normalized spacial score (nSPS) is 18.2. The lowest BCUT2D eigenvalue weighted by atomic mass is 10.0. The van der Waals surface area contributed by atoms with Gasteiger partial charge in [-0.2, -0.15) is 0 Å². The number of rotatable bonds is 6. The quantitative estimate of drug-likeness (QED) is 0.668. The summed E-state index contributed by atoms with van der Waals surface area (Å²) in [4.78, 5) is 9.13. The molecule has 30 heavy (non-hydrogen) atoms. The zero-order valence-corrected chi connectivity index (χ0v) is 18.2. The molecule has 0 bridgehead atoms. The van der Waals surface area contributed by atoms with Gasteiger partial charge in [-0.3, -0.25) is 14.8 Å². The molecule has 0 saturated carbocycles. The van der Waals surface area contributed by atoms with E-state index in [1.807, 2.05) is 12.1 Å². The van der Waals surface area contributed by atoms with E-state index < -0.39 is 0 Å². The maximum absolute atomic E-state index is 6.08. The van der Waals surface area contributed by atoms with Crippen LogP contribution in [0.25, 0.3) is 0 Å². The van der Waals surface area contributed by atoms with Gasteiger partial charge in [-0.15, -0.1) is 0 Å². The van der Waals surface area contributed by atoms with Crippen LogP contribution in [0.1, 0.15) is 37.8 Å². The number of fused-ring (bicyclic) bond motifs is 1. The highest BCUT2D eigenvalue weighted by Crippen LogP contribution is 2.26. The van der Waals surface area contributed by atoms with Crippen molar-refractivity contribution in [3.05, 3.63) is 65.5 Å². The third-order valence-electron chi connectivity index (χ3n) is 5.82. The first-order valence-electron chi connectivity index (χ1n) is 11.0. The molecule has 5 nitrogen and oxygen atoms in total. The topological polar surface area (TPSA) is 37.8 Å². The summed E-state index contributed by atoms with van der Waals surface area (Å²) in [5.41, 5.74) is 4.04. The average Bonchev–Trinajstić information content (AvgIpc) is 2.96. The fraction of sp³-hybridized carbons (Fsp3) is 0.480. The molecule has 2 aliphatic rings. The lowest BCUT2D eigenvalue weighted by Gasteiger charge is -2.32. The SMILES string of the molecule is CC(C)=CCN1CCOc2ccc(CN3CCC(Oc4cccnc4)CC3)cc2C1. The zero-order valence-electron chi connectivity index (χ0n) is 18.2. The molecule has 0 aliphatic carbocycles. The Bertz CT molecular complexity index is 841. The van der Waals surface area contributed by atoms with Crippen molar-refractivity contribution in [2.24, 2.45) is 0 Å². The van der Waals surface area contributed by atoms with Gasteiger partial charge >= 0.3 is 0 Å². The van der Waals surface area contributed by atoms with Gasteiger partial charge in [-0.1, -0.05) is 17.7 Å². The lowest BCUT2D eigenvalue weighted by Crippen LogP contribution is -2.37. The predicted molar refractivity (Wildman–Crippen MR) is 120 cm³/mol. The van der Waals surface area contributed by atoms with Crippen LogP contribution >= 0.6 is 0 Å². The molecule has 2 aromatic rings. The molecule has 2 aliphatic heterocycles. The fourth-order valence-corrected chi connectivity index (χ4v) is 4.12. The summed E-state index contributed by atoms with van der Waals surface area (Å²) in [7, 11) is 0. The van der Waals surface area contributed by atoms with Gasteiger partial charge in [-0.25, -0.2) is 0 Å². The van der Waals surface area contributed by atoms with E-state index in [0.717, 1.165) is 70.2 Å². The van der Waals surface area contributed by atoms with E-state index in [1.54, 1.807) is 12.4 Å². The summed E-state index contributed by atoms with van der Waals surface area (Å²) >= 11 is 0. The molecule has 1 fully saturated rings. The molecule has 0 amide bonds. The smallest absolute Gasteiger partial charge is 0.137 e. The number of pyridine rings is 1. The molecular formula is C25H33N3O2. The van der Waals surface area contributed by atoms with Crippen molar-refractivity contribution in [1.29, 1.82) is 0 Å². The first kappa shape index (κ1) is 20.9. The number of piperidine rings is 1. The molecular weight excluding hydrogens is 374 g/mol. The maximum atomic E-state index is 6.08. The van der Waals surface area contributed by atoms with Crippen LogP contribution in [0.4, 0.5) is 0 Å². The van der Waals surface area contributed by atoms with Crippen LogP contribution in [0.3, 0.4) is 0 Å². The van der Waals surface area contributed by atoms with Crippen LogP contribution in [-0.4, -0.2) is 53.7 Å². The van der Waals surface area contributed by atoms with Gasteiger partial charge in [0, 0.05) is 51.0 Å². The highest BCUT2D eigenvalue weighted by Gasteiger charge is 2.21. The second kappa shape index (κ2) is 10.1. The Kier molecular flexibility index (Phi) is 7.03. The van der Waals surface area contributed by atoms with E-state index in [-0.39, 0.29) is 6.10 Å². The van der Waals surface area contributed by atoms with Crippen molar-refractivity contribution in [3.63, 3.8) is 0 Å². The zero-order chi connectivity index (χ0) is 20.8. The maximum Gasteiger partial charge on any atom is 0.137 e. The Balaban J connectivity index is 1.32. The largest absolute Gasteiger partial charge is 0.492 e. The molecule has 3 heterocycles. The first-order valence-corrected chi connectivity index (χ1v) is 11.0. The third-order valence-corrected chi connectivity index (χ3v) is 5.82. The van der Waals surface area contributed by atoms with Gasteiger partial charge in [0.25, 0.3) is 0 Å². The molecule has 0 unspecified atom stereocenters. The molecule has 0 atom stereocenters. The summed E-state index contributed by atoms with van der Waals surface area (Å²) < 4.78 is 12.1. The van der Waals surface area contributed by atoms with E-state index in [9.17, 15) is 0 Å². The molecule has 5 heteroatoms. The van der Waals surface area contributed by atoms with Crippen molar-refractivity contribution < 1.29 is 9.47 Å². The molecule has 0 N–H and O–H groups in total. The highest BCUT2D eigenvalue weighted by molar-refractivity contribution is 5.38. The molecule has 1 aromatic heterocycles. The molecule has 160 valence electrons. The fourth-order valence-electron chi connectivity index (χ4n) is 4.12. The van der Waals surface area contributed by atoms with E-state index in [2.05, 4.69) is 52.9 Å². The van der Waals surface area contributed by atoms with Gasteiger partial charge in [0.05, 0.1) is 6.20 Å². The minimum Gasteiger partial charge on any atom is -0.492 e. The number of ether oxygens (including phenoxy) is 2. The van der Waals surface area contributed by atoms with Gasteiger partial charge in [0.15, 0.2) is 0 Å². The minimum absolute atomic E-state index is 0.287. The van der Waals surface area contributed by atoms with E-state index in [4.69, 9.17) is 9.47 Å². The van der Waals surface area contributed by atoms with Crippen molar-refractivity contribution in [1.82, 2.24) is 14.8 Å². The molecule has 1 saturated heterocycles. The second-order valence-electron chi connectivity index (χ2n) is 8.59. The number of hydrogen-bond acceptors (Lipinski definition) is 5. The Hall–Kier alpha value is -2.37. The summed E-state index contributed by atoms with van der Waals surface area (Å²) in [6.45, 7) is 11.1. The number of benzene rings is 1. The third kappa shape index (κ3) is 5.83.